The highest BCUT2D eigenvalue weighted by atomic mass is 32.2. The fourth-order valence-corrected chi connectivity index (χ4v) is 5.45. The highest BCUT2D eigenvalue weighted by molar-refractivity contribution is 7.93. The van der Waals surface area contributed by atoms with E-state index in [4.69, 9.17) is 4.74 Å². The largest absolute Gasteiger partial charge is 0.481 e. The molecule has 9 heteroatoms. The van der Waals surface area contributed by atoms with Gasteiger partial charge in [0.1, 0.15) is 12.4 Å². The van der Waals surface area contributed by atoms with Gasteiger partial charge in [-0.1, -0.05) is 12.0 Å². The first-order valence-electron chi connectivity index (χ1n) is 9.87. The Bertz CT molecular complexity index is 1050. The second-order valence-corrected chi connectivity index (χ2v) is 9.36. The maximum atomic E-state index is 13.6. The van der Waals surface area contributed by atoms with E-state index in [9.17, 15) is 18.3 Å². The van der Waals surface area contributed by atoms with Gasteiger partial charge < -0.3 is 20.5 Å². The molecule has 0 bridgehead atoms. The molecular weight excluding hydrogens is 418 g/mol. The van der Waals surface area contributed by atoms with Gasteiger partial charge in [0.2, 0.25) is 5.91 Å². The molecule has 8 nitrogen and oxygen atoms in total. The number of hydrogen-bond acceptors (Lipinski definition) is 7. The topological polar surface area (TPSA) is 118 Å². The number of sulfone groups is 1. The number of piperidine rings is 1. The summed E-state index contributed by atoms with van der Waals surface area (Å²) in [6.07, 6.45) is 1.77. The number of nitrogens with zero attached hydrogens (tertiary/aromatic N) is 1. The minimum atomic E-state index is -4.05. The normalized spacial score (nSPS) is 16.5. The van der Waals surface area contributed by atoms with Gasteiger partial charge in [-0.3, -0.25) is 9.78 Å². The molecule has 1 unspecified atom stereocenters. The van der Waals surface area contributed by atoms with E-state index in [0.29, 0.717) is 24.4 Å². The smallest absolute Gasteiger partial charge is 0.244 e. The molecule has 1 aliphatic heterocycles. The molecule has 2 aromatic rings. The number of amides is 1. The summed E-state index contributed by atoms with van der Waals surface area (Å²) in [5, 5.41) is 16.0. The van der Waals surface area contributed by atoms with E-state index in [1.54, 1.807) is 37.4 Å². The second-order valence-electron chi connectivity index (χ2n) is 7.10. The van der Waals surface area contributed by atoms with Gasteiger partial charge in [-0.25, -0.2) is 8.42 Å². The fraction of sp³-hybridized carbons (Fsp3) is 0.364. The van der Waals surface area contributed by atoms with Crippen molar-refractivity contribution >= 4 is 15.7 Å². The van der Waals surface area contributed by atoms with Crippen LogP contribution in [0.1, 0.15) is 31.6 Å². The van der Waals surface area contributed by atoms with Gasteiger partial charge in [0.25, 0.3) is 0 Å². The van der Waals surface area contributed by atoms with Crippen LogP contribution in [-0.2, 0) is 14.6 Å². The molecule has 1 amide bonds. The van der Waals surface area contributed by atoms with Crippen molar-refractivity contribution in [3.05, 3.63) is 54.4 Å². The van der Waals surface area contributed by atoms with Crippen LogP contribution in [0.15, 0.2) is 53.7 Å². The molecule has 1 atom stereocenters. The van der Waals surface area contributed by atoms with Gasteiger partial charge in [-0.2, -0.15) is 0 Å². The monoisotopic (exact) mass is 443 g/mol. The number of carbonyl (C=O) groups is 1. The molecule has 1 aromatic heterocycles. The predicted molar refractivity (Wildman–Crippen MR) is 115 cm³/mol. The average Bonchev–Trinajstić information content (AvgIpc) is 2.80. The van der Waals surface area contributed by atoms with Crippen molar-refractivity contribution in [2.75, 3.05) is 19.7 Å². The zero-order chi connectivity index (χ0) is 22.3. The van der Waals surface area contributed by atoms with E-state index >= 15 is 0 Å². The van der Waals surface area contributed by atoms with Crippen molar-refractivity contribution in [2.45, 2.75) is 35.6 Å². The molecule has 1 saturated heterocycles. The third kappa shape index (κ3) is 4.88. The summed E-state index contributed by atoms with van der Waals surface area (Å²) in [6.45, 7) is 2.64. The van der Waals surface area contributed by atoms with Crippen molar-refractivity contribution in [2.24, 2.45) is 0 Å². The molecular formula is C22H25N3O5S. The quantitative estimate of drug-likeness (QED) is 0.435. The van der Waals surface area contributed by atoms with Gasteiger partial charge in [0.05, 0.1) is 4.90 Å². The summed E-state index contributed by atoms with van der Waals surface area (Å²) in [5.41, 5.74) is 0.369. The van der Waals surface area contributed by atoms with Crippen LogP contribution in [0.3, 0.4) is 0 Å². The van der Waals surface area contributed by atoms with Crippen LogP contribution in [0.4, 0.5) is 0 Å². The number of carbonyl (C=O) groups excluding carboxylic acids is 1. The summed E-state index contributed by atoms with van der Waals surface area (Å²) in [6, 6.07) is 9.17. The Kier molecular flexibility index (Phi) is 7.28. The first-order valence-corrected chi connectivity index (χ1v) is 11.4. The zero-order valence-electron chi connectivity index (χ0n) is 17.2. The van der Waals surface area contributed by atoms with E-state index in [-0.39, 0.29) is 24.3 Å². The van der Waals surface area contributed by atoms with Crippen molar-refractivity contribution in [1.29, 1.82) is 0 Å². The minimum absolute atomic E-state index is 0.0225. The van der Waals surface area contributed by atoms with Crippen molar-refractivity contribution in [1.82, 2.24) is 15.6 Å². The number of ether oxygens (including phenoxy) is 1. The lowest BCUT2D eigenvalue weighted by Gasteiger charge is -2.36. The molecule has 164 valence electrons. The van der Waals surface area contributed by atoms with Crippen molar-refractivity contribution in [3.63, 3.8) is 0 Å². The molecule has 3 rings (SSSR count). The van der Waals surface area contributed by atoms with Crippen LogP contribution in [-0.4, -0.2) is 48.9 Å². The predicted octanol–water partition coefficient (Wildman–Crippen LogP) is 1.19. The van der Waals surface area contributed by atoms with E-state index in [2.05, 4.69) is 27.5 Å². The molecule has 0 saturated carbocycles. The van der Waals surface area contributed by atoms with Crippen LogP contribution in [0.5, 0.6) is 5.75 Å². The highest BCUT2D eigenvalue weighted by Gasteiger charge is 2.52. The molecule has 1 aromatic carbocycles. The Morgan fingerprint density at radius 3 is 2.61 bits per heavy atom. The number of benzene rings is 1. The molecule has 0 aliphatic carbocycles. The third-order valence-corrected chi connectivity index (χ3v) is 7.74. The Balaban J connectivity index is 1.87. The van der Waals surface area contributed by atoms with Crippen molar-refractivity contribution < 1.29 is 23.1 Å². The molecule has 3 N–H and O–H groups in total. The van der Waals surface area contributed by atoms with Crippen LogP contribution in [0.2, 0.25) is 0 Å². The van der Waals surface area contributed by atoms with Gasteiger partial charge in [-0.15, -0.1) is 5.92 Å². The van der Waals surface area contributed by atoms with Gasteiger partial charge in [0, 0.05) is 18.0 Å². The number of hydrogen-bond donors (Lipinski definition) is 3. The maximum absolute atomic E-state index is 13.6. The highest BCUT2D eigenvalue weighted by Crippen LogP contribution is 2.35. The SMILES string of the molecule is CC#CCOc1ccc(S(=O)(=O)C2(C(=O)NC(O)c3cccnc3)CCNCC2)cc1. The summed E-state index contributed by atoms with van der Waals surface area (Å²) < 4.78 is 30.9. The van der Waals surface area contributed by atoms with Gasteiger partial charge in [-0.05, 0) is 63.2 Å². The molecule has 1 aliphatic rings. The lowest BCUT2D eigenvalue weighted by atomic mass is 9.95. The second kappa shape index (κ2) is 9.92. The number of aliphatic hydroxyl groups is 1. The summed E-state index contributed by atoms with van der Waals surface area (Å²) >= 11 is 0. The van der Waals surface area contributed by atoms with Crippen LogP contribution in [0, 0.1) is 11.8 Å². The number of aliphatic hydroxyl groups excluding tert-OH is 1. The lowest BCUT2D eigenvalue weighted by molar-refractivity contribution is -0.127. The van der Waals surface area contributed by atoms with E-state index < -0.39 is 26.7 Å². The minimum Gasteiger partial charge on any atom is -0.481 e. The Morgan fingerprint density at radius 2 is 2.00 bits per heavy atom. The summed E-state index contributed by atoms with van der Waals surface area (Å²) in [5.74, 6) is 5.23. The number of nitrogens with one attached hydrogen (secondary N) is 2. The summed E-state index contributed by atoms with van der Waals surface area (Å²) in [4.78, 5) is 17.2. The van der Waals surface area contributed by atoms with E-state index in [0.717, 1.165) is 0 Å². The van der Waals surface area contributed by atoms with E-state index in [1.165, 1.54) is 18.3 Å². The number of aromatic nitrogens is 1. The maximum Gasteiger partial charge on any atom is 0.244 e. The first kappa shape index (κ1) is 22.7. The number of rotatable bonds is 7. The van der Waals surface area contributed by atoms with Crippen LogP contribution < -0.4 is 15.4 Å². The fourth-order valence-electron chi connectivity index (χ4n) is 3.46. The molecule has 2 heterocycles. The Labute approximate surface area is 182 Å². The van der Waals surface area contributed by atoms with Gasteiger partial charge >= 0.3 is 0 Å². The Morgan fingerprint density at radius 1 is 1.29 bits per heavy atom. The molecule has 31 heavy (non-hydrogen) atoms. The third-order valence-electron chi connectivity index (χ3n) is 5.23. The van der Waals surface area contributed by atoms with Crippen molar-refractivity contribution in [3.8, 4) is 17.6 Å². The van der Waals surface area contributed by atoms with Crippen LogP contribution in [0.25, 0.3) is 0 Å². The Hall–Kier alpha value is -2.93. The average molecular weight is 444 g/mol. The van der Waals surface area contributed by atoms with E-state index in [1.807, 2.05) is 0 Å². The summed E-state index contributed by atoms with van der Waals surface area (Å²) in [7, 11) is -4.05. The standard InChI is InChI=1S/C22H25N3O5S/c1-2-3-15-30-18-6-8-19(9-7-18)31(28,29)22(10-13-23-14-11-22)21(27)25-20(26)17-5-4-12-24-16-17/h4-9,12,16,20,23,26H,10-11,13-15H2,1H3,(H,25,27). The molecule has 1 fully saturated rings. The molecule has 0 spiro atoms. The van der Waals surface area contributed by atoms with Gasteiger partial charge in [0.15, 0.2) is 20.8 Å². The lowest BCUT2D eigenvalue weighted by Crippen LogP contribution is -2.58. The van der Waals surface area contributed by atoms with Crippen LogP contribution >= 0.6 is 0 Å². The zero-order valence-corrected chi connectivity index (χ0v) is 18.0. The first-order chi connectivity index (χ1) is 14.9. The number of pyridine rings is 1. The molecule has 0 radical (unpaired) electrons.